The van der Waals surface area contributed by atoms with Crippen LogP contribution in [0.5, 0.6) is 0 Å². The highest BCUT2D eigenvalue weighted by Crippen LogP contribution is 2.26. The monoisotopic (exact) mass is 328 g/mol. The number of amides is 1. The second-order valence-electron chi connectivity index (χ2n) is 5.56. The van der Waals surface area contributed by atoms with Gasteiger partial charge in [-0.1, -0.05) is 11.8 Å². The number of carbonyl (C=O) groups excluding carboxylic acids is 1. The van der Waals surface area contributed by atoms with Crippen LogP contribution in [0.3, 0.4) is 0 Å². The predicted molar refractivity (Wildman–Crippen MR) is 94.0 cm³/mol. The van der Waals surface area contributed by atoms with Crippen LogP contribution in [0.15, 0.2) is 41.8 Å². The fourth-order valence-electron chi connectivity index (χ4n) is 2.73. The Morgan fingerprint density at radius 1 is 1.26 bits per heavy atom. The van der Waals surface area contributed by atoms with Crippen molar-refractivity contribution in [2.24, 2.45) is 0 Å². The molecule has 6 heteroatoms. The Balaban J connectivity index is 1.57. The van der Waals surface area contributed by atoms with Crippen LogP contribution in [-0.4, -0.2) is 34.7 Å². The van der Waals surface area contributed by atoms with Crippen molar-refractivity contribution in [3.8, 4) is 0 Å². The van der Waals surface area contributed by atoms with Gasteiger partial charge in [0.2, 0.25) is 5.91 Å². The first-order chi connectivity index (χ1) is 11.2. The van der Waals surface area contributed by atoms with Gasteiger partial charge in [-0.25, -0.2) is 9.97 Å². The largest absolute Gasteiger partial charge is 0.371 e. The van der Waals surface area contributed by atoms with E-state index in [-0.39, 0.29) is 5.91 Å². The molecule has 1 aliphatic rings. The van der Waals surface area contributed by atoms with Crippen LogP contribution < -0.4 is 10.2 Å². The Hall–Kier alpha value is -2.08. The molecule has 0 spiro atoms. The molecule has 0 atom stereocenters. The maximum Gasteiger partial charge on any atom is 0.234 e. The van der Waals surface area contributed by atoms with Crippen molar-refractivity contribution >= 4 is 29.0 Å². The quantitative estimate of drug-likeness (QED) is 0.675. The van der Waals surface area contributed by atoms with Crippen LogP contribution in [0.25, 0.3) is 0 Å². The van der Waals surface area contributed by atoms with Gasteiger partial charge >= 0.3 is 0 Å². The fourth-order valence-corrected chi connectivity index (χ4v) is 3.34. The molecule has 3 rings (SSSR count). The van der Waals surface area contributed by atoms with Crippen LogP contribution in [0.1, 0.15) is 18.4 Å². The normalized spacial score (nSPS) is 14.0. The molecule has 2 aromatic rings. The van der Waals surface area contributed by atoms with Gasteiger partial charge in [-0.3, -0.25) is 4.79 Å². The van der Waals surface area contributed by atoms with Gasteiger partial charge in [0.1, 0.15) is 0 Å². The highest BCUT2D eigenvalue weighted by Gasteiger charge is 2.14. The number of aromatic nitrogens is 2. The summed E-state index contributed by atoms with van der Waals surface area (Å²) in [6.45, 7) is 4.34. The first-order valence-corrected chi connectivity index (χ1v) is 8.76. The number of benzene rings is 1. The van der Waals surface area contributed by atoms with Crippen molar-refractivity contribution < 1.29 is 4.79 Å². The van der Waals surface area contributed by atoms with Gasteiger partial charge in [-0.15, -0.1) is 0 Å². The summed E-state index contributed by atoms with van der Waals surface area (Å²) in [5, 5.41) is 3.55. The third-order valence-corrected chi connectivity index (χ3v) is 4.68. The maximum atomic E-state index is 12.0. The summed E-state index contributed by atoms with van der Waals surface area (Å²) in [7, 11) is 0. The molecule has 0 radical (unpaired) electrons. The van der Waals surface area contributed by atoms with Crippen molar-refractivity contribution in [1.82, 2.24) is 9.97 Å². The molecule has 0 aliphatic carbocycles. The second kappa shape index (κ2) is 7.46. The highest BCUT2D eigenvalue weighted by molar-refractivity contribution is 7.99. The minimum absolute atomic E-state index is 0.0456. The molecule has 23 heavy (non-hydrogen) atoms. The summed E-state index contributed by atoms with van der Waals surface area (Å²) in [6, 6.07) is 7.87. The predicted octanol–water partition coefficient (Wildman–Crippen LogP) is 3.12. The van der Waals surface area contributed by atoms with E-state index in [1.165, 1.54) is 35.9 Å². The lowest BCUT2D eigenvalue weighted by Crippen LogP contribution is -2.19. The molecule has 120 valence electrons. The van der Waals surface area contributed by atoms with Gasteiger partial charge in [0.15, 0.2) is 5.16 Å². The van der Waals surface area contributed by atoms with Crippen LogP contribution >= 0.6 is 11.8 Å². The molecule has 1 fully saturated rings. The van der Waals surface area contributed by atoms with Crippen molar-refractivity contribution in [2.75, 3.05) is 29.1 Å². The number of anilines is 2. The third kappa shape index (κ3) is 4.22. The molecule has 5 nitrogen and oxygen atoms in total. The van der Waals surface area contributed by atoms with Crippen molar-refractivity contribution in [2.45, 2.75) is 24.9 Å². The van der Waals surface area contributed by atoms with E-state index in [0.717, 1.165) is 18.8 Å². The standard InChI is InChI=1S/C17H20N4OS/c1-13-11-14(5-6-15(13)21-9-2-3-10-21)20-16(22)12-23-17-18-7-4-8-19-17/h4-8,11H,2-3,9-10,12H2,1H3,(H,20,22). The number of hydrogen-bond donors (Lipinski definition) is 1. The van der Waals surface area contributed by atoms with E-state index >= 15 is 0 Å². The van der Waals surface area contributed by atoms with Crippen molar-refractivity contribution in [3.05, 3.63) is 42.2 Å². The number of nitrogens with one attached hydrogen (secondary N) is 1. The number of rotatable bonds is 5. The molecule has 2 heterocycles. The molecule has 1 N–H and O–H groups in total. The molecule has 0 bridgehead atoms. The van der Waals surface area contributed by atoms with E-state index < -0.39 is 0 Å². The number of hydrogen-bond acceptors (Lipinski definition) is 5. The molecule has 0 saturated carbocycles. The first kappa shape index (κ1) is 15.8. The van der Waals surface area contributed by atoms with Gasteiger partial charge in [0.05, 0.1) is 5.75 Å². The zero-order chi connectivity index (χ0) is 16.1. The van der Waals surface area contributed by atoms with Gasteiger partial charge < -0.3 is 10.2 Å². The smallest absolute Gasteiger partial charge is 0.234 e. The topological polar surface area (TPSA) is 58.1 Å². The Kier molecular flexibility index (Phi) is 5.12. The fraction of sp³-hybridized carbons (Fsp3) is 0.353. The summed E-state index contributed by atoms with van der Waals surface area (Å²) in [4.78, 5) is 22.6. The van der Waals surface area contributed by atoms with E-state index in [1.54, 1.807) is 18.5 Å². The maximum absolute atomic E-state index is 12.0. The Bertz CT molecular complexity index is 672. The molecule has 1 saturated heterocycles. The average molecular weight is 328 g/mol. The van der Waals surface area contributed by atoms with Crippen LogP contribution in [0.4, 0.5) is 11.4 Å². The molecular formula is C17H20N4OS. The molecule has 1 aliphatic heterocycles. The van der Waals surface area contributed by atoms with E-state index in [2.05, 4.69) is 33.2 Å². The molecule has 1 aromatic carbocycles. The van der Waals surface area contributed by atoms with Gasteiger partial charge in [-0.05, 0) is 49.6 Å². The van der Waals surface area contributed by atoms with E-state index in [1.807, 2.05) is 12.1 Å². The molecular weight excluding hydrogens is 308 g/mol. The van der Waals surface area contributed by atoms with Crippen LogP contribution in [0.2, 0.25) is 0 Å². The zero-order valence-electron chi connectivity index (χ0n) is 13.2. The van der Waals surface area contributed by atoms with E-state index in [4.69, 9.17) is 0 Å². The first-order valence-electron chi connectivity index (χ1n) is 7.77. The number of thioether (sulfide) groups is 1. The lowest BCUT2D eigenvalue weighted by Gasteiger charge is -2.20. The van der Waals surface area contributed by atoms with Crippen LogP contribution in [-0.2, 0) is 4.79 Å². The third-order valence-electron chi connectivity index (χ3n) is 3.80. The second-order valence-corrected chi connectivity index (χ2v) is 6.51. The van der Waals surface area contributed by atoms with Crippen molar-refractivity contribution in [1.29, 1.82) is 0 Å². The Morgan fingerprint density at radius 3 is 2.70 bits per heavy atom. The Labute approximate surface area is 140 Å². The Morgan fingerprint density at radius 2 is 2.00 bits per heavy atom. The SMILES string of the molecule is Cc1cc(NC(=O)CSc2ncccn2)ccc1N1CCCC1. The number of aryl methyl sites for hydroxylation is 1. The summed E-state index contributed by atoms with van der Waals surface area (Å²) >= 11 is 1.33. The highest BCUT2D eigenvalue weighted by atomic mass is 32.2. The lowest BCUT2D eigenvalue weighted by molar-refractivity contribution is -0.113. The summed E-state index contributed by atoms with van der Waals surface area (Å²) in [6.07, 6.45) is 5.87. The minimum Gasteiger partial charge on any atom is -0.371 e. The molecule has 1 amide bonds. The summed E-state index contributed by atoms with van der Waals surface area (Å²) in [5.74, 6) is 0.257. The van der Waals surface area contributed by atoms with Crippen LogP contribution in [0, 0.1) is 6.92 Å². The van der Waals surface area contributed by atoms with Gasteiger partial charge in [0.25, 0.3) is 0 Å². The van der Waals surface area contributed by atoms with E-state index in [0.29, 0.717) is 10.9 Å². The van der Waals surface area contributed by atoms with Gasteiger partial charge in [0, 0.05) is 36.9 Å². The van der Waals surface area contributed by atoms with Gasteiger partial charge in [-0.2, -0.15) is 0 Å². The lowest BCUT2D eigenvalue weighted by atomic mass is 10.1. The summed E-state index contributed by atoms with van der Waals surface area (Å²) in [5.41, 5.74) is 3.31. The van der Waals surface area contributed by atoms with Crippen molar-refractivity contribution in [3.63, 3.8) is 0 Å². The van der Waals surface area contributed by atoms with E-state index in [9.17, 15) is 4.79 Å². The molecule has 0 unspecified atom stereocenters. The average Bonchev–Trinajstić information content (AvgIpc) is 3.08. The summed E-state index contributed by atoms with van der Waals surface area (Å²) < 4.78 is 0. The zero-order valence-corrected chi connectivity index (χ0v) is 14.0. The number of carbonyl (C=O) groups is 1. The number of nitrogens with zero attached hydrogens (tertiary/aromatic N) is 3. The minimum atomic E-state index is -0.0456. The molecule has 1 aromatic heterocycles.